The molecule has 0 radical (unpaired) electrons. The lowest BCUT2D eigenvalue weighted by molar-refractivity contribution is 0.0986. The minimum absolute atomic E-state index is 0.186. The monoisotopic (exact) mass is 451 g/mol. The Morgan fingerprint density at radius 1 is 1.14 bits per heavy atom. The Balaban J connectivity index is 1.96. The molecule has 5 nitrogen and oxygen atoms in total. The number of anilines is 1. The molecule has 0 N–H and O–H groups in total. The standard InChI is InChI=1S/C21H23Cl2N3O2S/c1-4-28-15-7-9-18-19(13-15)29-21(24-18)26(11-5-10-25(2)3)20(27)16-8-6-14(22)12-17(16)23/h6-9,12-13H,4-5,10-11H2,1-3H3. The maximum absolute atomic E-state index is 13.3. The molecule has 0 aliphatic rings. The number of halogens is 2. The van der Waals surface area contributed by atoms with Crippen molar-refractivity contribution in [3.63, 3.8) is 0 Å². The van der Waals surface area contributed by atoms with Crippen LogP contribution in [0.1, 0.15) is 23.7 Å². The van der Waals surface area contributed by atoms with Crippen molar-refractivity contribution in [2.75, 3.05) is 38.7 Å². The van der Waals surface area contributed by atoms with Crippen molar-refractivity contribution in [3.8, 4) is 5.75 Å². The van der Waals surface area contributed by atoms with Crippen LogP contribution in [0.15, 0.2) is 36.4 Å². The summed E-state index contributed by atoms with van der Waals surface area (Å²) >= 11 is 13.8. The molecule has 8 heteroatoms. The first kappa shape index (κ1) is 21.8. The van der Waals surface area contributed by atoms with Gasteiger partial charge in [-0.25, -0.2) is 4.98 Å². The molecule has 0 aliphatic heterocycles. The Hall–Kier alpha value is -1.86. The number of rotatable bonds is 8. The lowest BCUT2D eigenvalue weighted by atomic mass is 10.2. The van der Waals surface area contributed by atoms with Gasteiger partial charge in [0, 0.05) is 11.6 Å². The molecule has 2 aromatic carbocycles. The summed E-state index contributed by atoms with van der Waals surface area (Å²) in [7, 11) is 4.02. The van der Waals surface area contributed by atoms with Crippen molar-refractivity contribution >= 4 is 55.8 Å². The van der Waals surface area contributed by atoms with Gasteiger partial charge in [0.15, 0.2) is 5.13 Å². The summed E-state index contributed by atoms with van der Waals surface area (Å²) < 4.78 is 6.55. The van der Waals surface area contributed by atoms with E-state index in [-0.39, 0.29) is 5.91 Å². The van der Waals surface area contributed by atoms with Crippen LogP contribution in [-0.2, 0) is 0 Å². The quantitative estimate of drug-likeness (QED) is 0.446. The van der Waals surface area contributed by atoms with Crippen LogP contribution in [0.2, 0.25) is 10.0 Å². The zero-order chi connectivity index (χ0) is 21.0. The molecule has 1 amide bonds. The fourth-order valence-electron chi connectivity index (χ4n) is 2.90. The predicted molar refractivity (Wildman–Crippen MR) is 122 cm³/mol. The van der Waals surface area contributed by atoms with Crippen LogP contribution in [-0.4, -0.2) is 49.6 Å². The summed E-state index contributed by atoms with van der Waals surface area (Å²) in [5.41, 5.74) is 1.25. The van der Waals surface area contributed by atoms with E-state index in [4.69, 9.17) is 32.9 Å². The summed E-state index contributed by atoms with van der Waals surface area (Å²) in [5, 5.41) is 1.47. The van der Waals surface area contributed by atoms with Crippen LogP contribution in [0.25, 0.3) is 10.2 Å². The van der Waals surface area contributed by atoms with Crippen LogP contribution in [0.4, 0.5) is 5.13 Å². The zero-order valence-electron chi connectivity index (χ0n) is 16.6. The summed E-state index contributed by atoms with van der Waals surface area (Å²) in [6.07, 6.45) is 0.810. The summed E-state index contributed by atoms with van der Waals surface area (Å²) in [4.78, 5) is 21.8. The van der Waals surface area contributed by atoms with Crippen molar-refractivity contribution in [3.05, 3.63) is 52.0 Å². The van der Waals surface area contributed by atoms with Gasteiger partial charge in [0.1, 0.15) is 5.75 Å². The molecule has 0 unspecified atom stereocenters. The molecule has 0 saturated heterocycles. The highest BCUT2D eigenvalue weighted by Gasteiger charge is 2.23. The molecule has 1 aromatic heterocycles. The van der Waals surface area contributed by atoms with Gasteiger partial charge >= 0.3 is 0 Å². The first-order valence-corrected chi connectivity index (χ1v) is 10.9. The van der Waals surface area contributed by atoms with Crippen LogP contribution in [0, 0.1) is 0 Å². The maximum Gasteiger partial charge on any atom is 0.261 e. The number of amides is 1. The van der Waals surface area contributed by atoms with Gasteiger partial charge in [0.05, 0.1) is 27.4 Å². The predicted octanol–water partition coefficient (Wildman–Crippen LogP) is 5.60. The number of nitrogens with zero attached hydrogens (tertiary/aromatic N) is 3. The smallest absolute Gasteiger partial charge is 0.261 e. The molecule has 0 fully saturated rings. The van der Waals surface area contributed by atoms with E-state index in [0.29, 0.717) is 33.9 Å². The number of hydrogen-bond donors (Lipinski definition) is 0. The highest BCUT2D eigenvalue weighted by atomic mass is 35.5. The number of carbonyl (C=O) groups excluding carboxylic acids is 1. The third-order valence-corrected chi connectivity index (χ3v) is 5.87. The normalized spacial score (nSPS) is 11.2. The Bertz CT molecular complexity index is 1010. The number of benzene rings is 2. The van der Waals surface area contributed by atoms with Gasteiger partial charge in [-0.15, -0.1) is 0 Å². The lowest BCUT2D eigenvalue weighted by Crippen LogP contribution is -2.33. The van der Waals surface area contributed by atoms with Gasteiger partial charge in [-0.2, -0.15) is 0 Å². The molecule has 0 saturated carbocycles. The summed E-state index contributed by atoms with van der Waals surface area (Å²) in [5.74, 6) is 0.607. The molecule has 0 spiro atoms. The average Bonchev–Trinajstić information content (AvgIpc) is 3.07. The fraction of sp³-hybridized carbons (Fsp3) is 0.333. The van der Waals surface area contributed by atoms with E-state index in [9.17, 15) is 4.79 Å². The molecule has 3 rings (SSSR count). The molecule has 1 heterocycles. The number of ether oxygens (including phenoxy) is 1. The molecule has 0 aliphatic carbocycles. The van der Waals surface area contributed by atoms with E-state index in [2.05, 4.69) is 4.90 Å². The van der Waals surface area contributed by atoms with Gasteiger partial charge in [0.25, 0.3) is 5.91 Å². The molecular formula is C21H23Cl2N3O2S. The van der Waals surface area contributed by atoms with Crippen LogP contribution >= 0.6 is 34.5 Å². The number of thiazole rings is 1. The number of hydrogen-bond acceptors (Lipinski definition) is 5. The van der Waals surface area contributed by atoms with E-state index in [1.54, 1.807) is 23.1 Å². The minimum Gasteiger partial charge on any atom is -0.494 e. The average molecular weight is 452 g/mol. The van der Waals surface area contributed by atoms with Gasteiger partial charge in [-0.1, -0.05) is 34.5 Å². The SMILES string of the molecule is CCOc1ccc2nc(N(CCCN(C)C)C(=O)c3ccc(Cl)cc3Cl)sc2c1. The van der Waals surface area contributed by atoms with Crippen molar-refractivity contribution in [1.82, 2.24) is 9.88 Å². The van der Waals surface area contributed by atoms with E-state index in [1.165, 1.54) is 11.3 Å². The number of carbonyl (C=O) groups is 1. The van der Waals surface area contributed by atoms with Crippen molar-refractivity contribution < 1.29 is 9.53 Å². The molecule has 0 bridgehead atoms. The fourth-order valence-corrected chi connectivity index (χ4v) is 4.41. The Labute approximate surface area is 184 Å². The lowest BCUT2D eigenvalue weighted by Gasteiger charge is -2.21. The van der Waals surface area contributed by atoms with Crippen LogP contribution in [0.3, 0.4) is 0 Å². The zero-order valence-corrected chi connectivity index (χ0v) is 18.9. The second-order valence-electron chi connectivity index (χ2n) is 6.80. The summed E-state index contributed by atoms with van der Waals surface area (Å²) in [6, 6.07) is 10.7. The Kier molecular flexibility index (Phi) is 7.35. The second-order valence-corrected chi connectivity index (χ2v) is 8.65. The minimum atomic E-state index is -0.186. The molecule has 154 valence electrons. The topological polar surface area (TPSA) is 45.7 Å². The van der Waals surface area contributed by atoms with E-state index in [0.717, 1.165) is 28.9 Å². The van der Waals surface area contributed by atoms with E-state index in [1.807, 2.05) is 39.2 Å². The molecule has 3 aromatic rings. The van der Waals surface area contributed by atoms with Crippen LogP contribution in [0.5, 0.6) is 5.75 Å². The van der Waals surface area contributed by atoms with Crippen LogP contribution < -0.4 is 9.64 Å². The summed E-state index contributed by atoms with van der Waals surface area (Å²) in [6.45, 7) is 3.94. The molecule has 0 atom stereocenters. The largest absolute Gasteiger partial charge is 0.494 e. The van der Waals surface area contributed by atoms with Gasteiger partial charge in [0.2, 0.25) is 0 Å². The first-order chi connectivity index (χ1) is 13.9. The Morgan fingerprint density at radius 3 is 2.62 bits per heavy atom. The third kappa shape index (κ3) is 5.39. The van der Waals surface area contributed by atoms with Crippen molar-refractivity contribution in [2.24, 2.45) is 0 Å². The van der Waals surface area contributed by atoms with Gasteiger partial charge in [-0.3, -0.25) is 9.69 Å². The Morgan fingerprint density at radius 2 is 1.93 bits per heavy atom. The maximum atomic E-state index is 13.3. The highest BCUT2D eigenvalue weighted by Crippen LogP contribution is 2.33. The van der Waals surface area contributed by atoms with Gasteiger partial charge < -0.3 is 9.64 Å². The molecule has 29 heavy (non-hydrogen) atoms. The van der Waals surface area contributed by atoms with E-state index >= 15 is 0 Å². The third-order valence-electron chi connectivity index (χ3n) is 4.28. The van der Waals surface area contributed by atoms with Gasteiger partial charge in [-0.05, 0) is 70.4 Å². The highest BCUT2D eigenvalue weighted by molar-refractivity contribution is 7.22. The number of fused-ring (bicyclic) bond motifs is 1. The molecular weight excluding hydrogens is 429 g/mol. The van der Waals surface area contributed by atoms with E-state index < -0.39 is 0 Å². The second kappa shape index (κ2) is 9.76. The van der Waals surface area contributed by atoms with Crippen molar-refractivity contribution in [1.29, 1.82) is 0 Å². The first-order valence-electron chi connectivity index (χ1n) is 9.34. The van der Waals surface area contributed by atoms with Crippen molar-refractivity contribution in [2.45, 2.75) is 13.3 Å². The number of aromatic nitrogens is 1.